The molecule has 1 saturated heterocycles. The molecule has 0 aromatic rings. The van der Waals surface area contributed by atoms with Gasteiger partial charge >= 0.3 is 0 Å². The van der Waals surface area contributed by atoms with E-state index in [2.05, 4.69) is 24.1 Å². The van der Waals surface area contributed by atoms with Crippen molar-refractivity contribution in [3.63, 3.8) is 0 Å². The fourth-order valence-corrected chi connectivity index (χ4v) is 2.48. The van der Waals surface area contributed by atoms with Crippen LogP contribution >= 0.6 is 11.6 Å². The first-order valence-electron chi connectivity index (χ1n) is 6.97. The van der Waals surface area contributed by atoms with Crippen molar-refractivity contribution < 1.29 is 4.79 Å². The number of alkyl halides is 1. The lowest BCUT2D eigenvalue weighted by atomic mass is 9.94. The standard InChI is InChI=1S/C14H27ClN2O/c1-11(2)12(17-7-5-6-8-17)9-16-13(18)14(3,4)10-15/h11-12H,5-10H2,1-4H3,(H,16,18). The number of carbonyl (C=O) groups excluding carboxylic acids is 1. The first-order valence-corrected chi connectivity index (χ1v) is 7.50. The maximum absolute atomic E-state index is 12.0. The molecule has 1 unspecified atom stereocenters. The fourth-order valence-electron chi connectivity index (χ4n) is 2.36. The van der Waals surface area contributed by atoms with Crippen LogP contribution in [0.5, 0.6) is 0 Å². The van der Waals surface area contributed by atoms with Crippen molar-refractivity contribution in [3.05, 3.63) is 0 Å². The monoisotopic (exact) mass is 274 g/mol. The van der Waals surface area contributed by atoms with Gasteiger partial charge in [-0.15, -0.1) is 11.6 Å². The highest BCUT2D eigenvalue weighted by Gasteiger charge is 2.29. The maximum Gasteiger partial charge on any atom is 0.226 e. The molecule has 1 aliphatic heterocycles. The van der Waals surface area contributed by atoms with Crippen molar-refractivity contribution >= 4 is 17.5 Å². The smallest absolute Gasteiger partial charge is 0.226 e. The maximum atomic E-state index is 12.0. The van der Waals surface area contributed by atoms with Gasteiger partial charge in [0.25, 0.3) is 0 Å². The van der Waals surface area contributed by atoms with E-state index in [0.717, 1.165) is 19.6 Å². The number of rotatable bonds is 6. The largest absolute Gasteiger partial charge is 0.354 e. The molecule has 18 heavy (non-hydrogen) atoms. The summed E-state index contributed by atoms with van der Waals surface area (Å²) in [6, 6.07) is 0.447. The minimum absolute atomic E-state index is 0.0577. The molecule has 1 amide bonds. The molecule has 0 aliphatic carbocycles. The van der Waals surface area contributed by atoms with Crippen LogP contribution in [0.25, 0.3) is 0 Å². The number of nitrogens with zero attached hydrogens (tertiary/aromatic N) is 1. The molecule has 3 nitrogen and oxygen atoms in total. The third-order valence-electron chi connectivity index (χ3n) is 3.80. The van der Waals surface area contributed by atoms with Crippen LogP contribution < -0.4 is 5.32 Å². The predicted octanol–water partition coefficient (Wildman–Crippen LogP) is 2.49. The summed E-state index contributed by atoms with van der Waals surface area (Å²) in [5.74, 6) is 0.972. The minimum atomic E-state index is -0.478. The second-order valence-corrected chi connectivity index (χ2v) is 6.55. The van der Waals surface area contributed by atoms with Crippen molar-refractivity contribution in [2.75, 3.05) is 25.5 Å². The van der Waals surface area contributed by atoms with E-state index in [1.165, 1.54) is 12.8 Å². The Balaban J connectivity index is 2.50. The molecule has 106 valence electrons. The molecular formula is C14H27ClN2O. The van der Waals surface area contributed by atoms with Crippen molar-refractivity contribution in [3.8, 4) is 0 Å². The van der Waals surface area contributed by atoms with Crippen LogP contribution in [-0.4, -0.2) is 42.4 Å². The third-order valence-corrected chi connectivity index (χ3v) is 4.47. The Hall–Kier alpha value is -0.280. The van der Waals surface area contributed by atoms with Crippen molar-refractivity contribution in [1.29, 1.82) is 0 Å². The molecule has 0 aromatic heterocycles. The molecule has 0 aromatic carbocycles. The Kier molecular flexibility index (Phi) is 5.93. The molecule has 1 fully saturated rings. The van der Waals surface area contributed by atoms with E-state index in [4.69, 9.17) is 11.6 Å². The van der Waals surface area contributed by atoms with Gasteiger partial charge < -0.3 is 5.32 Å². The zero-order valence-corrected chi connectivity index (χ0v) is 12.9. The lowest BCUT2D eigenvalue weighted by Gasteiger charge is -2.32. The highest BCUT2D eigenvalue weighted by Crippen LogP contribution is 2.19. The number of hydrogen-bond acceptors (Lipinski definition) is 2. The van der Waals surface area contributed by atoms with Gasteiger partial charge in [0.2, 0.25) is 5.91 Å². The van der Waals surface area contributed by atoms with E-state index >= 15 is 0 Å². The minimum Gasteiger partial charge on any atom is -0.354 e. The van der Waals surface area contributed by atoms with Gasteiger partial charge in [-0.2, -0.15) is 0 Å². The van der Waals surface area contributed by atoms with Gasteiger partial charge in [0.05, 0.1) is 5.41 Å². The highest BCUT2D eigenvalue weighted by atomic mass is 35.5. The normalized spacial score (nSPS) is 19.2. The van der Waals surface area contributed by atoms with Gasteiger partial charge in [0.15, 0.2) is 0 Å². The predicted molar refractivity (Wildman–Crippen MR) is 76.9 cm³/mol. The summed E-state index contributed by atoms with van der Waals surface area (Å²) in [5.41, 5.74) is -0.478. The fraction of sp³-hybridized carbons (Fsp3) is 0.929. The molecule has 1 atom stereocenters. The topological polar surface area (TPSA) is 32.3 Å². The number of halogens is 1. The van der Waals surface area contributed by atoms with Crippen molar-refractivity contribution in [2.24, 2.45) is 11.3 Å². The van der Waals surface area contributed by atoms with E-state index in [1.807, 2.05) is 13.8 Å². The zero-order chi connectivity index (χ0) is 13.8. The molecular weight excluding hydrogens is 248 g/mol. The average molecular weight is 275 g/mol. The van der Waals surface area contributed by atoms with Crippen molar-refractivity contribution in [2.45, 2.75) is 46.6 Å². The molecule has 0 spiro atoms. The van der Waals surface area contributed by atoms with Crippen molar-refractivity contribution in [1.82, 2.24) is 10.2 Å². The number of amides is 1. The Labute approximate surface area is 116 Å². The lowest BCUT2D eigenvalue weighted by molar-refractivity contribution is -0.128. The van der Waals surface area contributed by atoms with Crippen LogP contribution in [0.15, 0.2) is 0 Å². The zero-order valence-electron chi connectivity index (χ0n) is 12.1. The summed E-state index contributed by atoms with van der Waals surface area (Å²) < 4.78 is 0. The molecule has 1 rings (SSSR count). The molecule has 0 radical (unpaired) electrons. The third kappa shape index (κ3) is 4.13. The summed E-state index contributed by atoms with van der Waals surface area (Å²) in [5, 5.41) is 3.07. The highest BCUT2D eigenvalue weighted by molar-refractivity contribution is 6.19. The Morgan fingerprint density at radius 3 is 2.33 bits per heavy atom. The Morgan fingerprint density at radius 2 is 1.89 bits per heavy atom. The molecule has 4 heteroatoms. The van der Waals surface area contributed by atoms with E-state index in [1.54, 1.807) is 0 Å². The quantitative estimate of drug-likeness (QED) is 0.755. The number of carbonyl (C=O) groups is 1. The van der Waals surface area contributed by atoms with Gasteiger partial charge in [0.1, 0.15) is 0 Å². The summed E-state index contributed by atoms with van der Waals surface area (Å²) in [6.45, 7) is 11.3. The summed E-state index contributed by atoms with van der Waals surface area (Å²) >= 11 is 5.82. The molecule has 1 heterocycles. The van der Waals surface area contributed by atoms with E-state index in [0.29, 0.717) is 17.8 Å². The van der Waals surface area contributed by atoms with Gasteiger partial charge in [-0.25, -0.2) is 0 Å². The van der Waals surface area contributed by atoms with E-state index < -0.39 is 5.41 Å². The van der Waals surface area contributed by atoms with Crippen LogP contribution in [0.1, 0.15) is 40.5 Å². The second kappa shape index (κ2) is 6.76. The summed E-state index contributed by atoms with van der Waals surface area (Å²) in [4.78, 5) is 14.5. The van der Waals surface area contributed by atoms with E-state index in [-0.39, 0.29) is 5.91 Å². The SMILES string of the molecule is CC(C)C(CNC(=O)C(C)(C)CCl)N1CCCC1. The Morgan fingerprint density at radius 1 is 1.33 bits per heavy atom. The molecule has 0 saturated carbocycles. The molecule has 1 aliphatic rings. The molecule has 1 N–H and O–H groups in total. The van der Waals surface area contributed by atoms with E-state index in [9.17, 15) is 4.79 Å². The first kappa shape index (κ1) is 15.8. The number of hydrogen-bond donors (Lipinski definition) is 1. The summed E-state index contributed by atoms with van der Waals surface area (Å²) in [6.07, 6.45) is 2.56. The number of nitrogens with one attached hydrogen (secondary N) is 1. The average Bonchev–Trinajstić information content (AvgIpc) is 2.82. The van der Waals surface area contributed by atoms with Crippen LogP contribution in [0, 0.1) is 11.3 Å². The van der Waals surface area contributed by atoms with Gasteiger partial charge in [-0.05, 0) is 45.7 Å². The lowest BCUT2D eigenvalue weighted by Crippen LogP contribution is -2.48. The molecule has 0 bridgehead atoms. The first-order chi connectivity index (χ1) is 8.38. The van der Waals surface area contributed by atoms with Gasteiger partial charge in [-0.3, -0.25) is 9.69 Å². The summed E-state index contributed by atoms with van der Waals surface area (Å²) in [7, 11) is 0. The number of likely N-dealkylation sites (tertiary alicyclic amines) is 1. The Bertz CT molecular complexity index is 273. The van der Waals surface area contributed by atoms with Gasteiger partial charge in [0, 0.05) is 18.5 Å². The van der Waals surface area contributed by atoms with Crippen LogP contribution in [-0.2, 0) is 4.79 Å². The van der Waals surface area contributed by atoms with Crippen LogP contribution in [0.4, 0.5) is 0 Å². The van der Waals surface area contributed by atoms with Crippen LogP contribution in [0.2, 0.25) is 0 Å². The van der Waals surface area contributed by atoms with Crippen LogP contribution in [0.3, 0.4) is 0 Å². The second-order valence-electron chi connectivity index (χ2n) is 6.28. The van der Waals surface area contributed by atoms with Gasteiger partial charge in [-0.1, -0.05) is 13.8 Å².